The summed E-state index contributed by atoms with van der Waals surface area (Å²) < 4.78 is 18.2. The molecule has 0 saturated carbocycles. The van der Waals surface area contributed by atoms with Crippen molar-refractivity contribution in [2.75, 3.05) is 38.6 Å². The number of nitrogens with one attached hydrogen (secondary N) is 2. The molecule has 1 heterocycles. The highest BCUT2D eigenvalue weighted by Gasteiger charge is 2.29. The van der Waals surface area contributed by atoms with Crippen LogP contribution in [0.1, 0.15) is 26.2 Å². The van der Waals surface area contributed by atoms with Gasteiger partial charge in [0.1, 0.15) is 5.82 Å². The van der Waals surface area contributed by atoms with Crippen molar-refractivity contribution in [1.29, 1.82) is 0 Å². The van der Waals surface area contributed by atoms with Crippen molar-refractivity contribution < 1.29 is 14.2 Å². The Morgan fingerprint density at radius 3 is 2.62 bits per heavy atom. The number of hydrogen-bond donors (Lipinski definition) is 3. The molecule has 5 nitrogen and oxygen atoms in total. The quantitative estimate of drug-likeness (QED) is 0.170. The van der Waals surface area contributed by atoms with Gasteiger partial charge in [-0.25, -0.2) is 4.39 Å². The van der Waals surface area contributed by atoms with Crippen molar-refractivity contribution in [3.8, 4) is 0 Å². The van der Waals surface area contributed by atoms with Gasteiger partial charge >= 0.3 is 0 Å². The number of halogens is 2. The van der Waals surface area contributed by atoms with Gasteiger partial charge in [0.15, 0.2) is 5.96 Å². The Morgan fingerprint density at radius 1 is 1.27 bits per heavy atom. The zero-order valence-corrected chi connectivity index (χ0v) is 18.3. The molecular formula is C18H29FIN3O2S. The molecule has 1 aliphatic rings. The molecule has 1 saturated heterocycles. The lowest BCUT2D eigenvalue weighted by molar-refractivity contribution is -0.0565. The van der Waals surface area contributed by atoms with Crippen LogP contribution in [0, 0.1) is 5.82 Å². The van der Waals surface area contributed by atoms with Gasteiger partial charge in [-0.15, -0.1) is 35.7 Å². The summed E-state index contributed by atoms with van der Waals surface area (Å²) in [5.41, 5.74) is -0.751. The van der Waals surface area contributed by atoms with E-state index >= 15 is 0 Å². The second-order valence-corrected chi connectivity index (χ2v) is 7.28. The van der Waals surface area contributed by atoms with Gasteiger partial charge in [0.05, 0.1) is 12.1 Å². The Bertz CT molecular complexity index is 540. The van der Waals surface area contributed by atoms with E-state index in [-0.39, 0.29) is 29.8 Å². The summed E-state index contributed by atoms with van der Waals surface area (Å²) >= 11 is 1.71. The third kappa shape index (κ3) is 8.88. The number of aliphatic imine (C=N–C) groups is 1. The summed E-state index contributed by atoms with van der Waals surface area (Å²) in [6, 6.07) is 6.57. The fraction of sp³-hybridized carbons (Fsp3) is 0.611. The molecule has 0 unspecified atom stereocenters. The molecule has 0 aliphatic carbocycles. The molecule has 0 radical (unpaired) electrons. The van der Waals surface area contributed by atoms with E-state index in [2.05, 4.69) is 15.6 Å². The highest BCUT2D eigenvalue weighted by molar-refractivity contribution is 14.0. The summed E-state index contributed by atoms with van der Waals surface area (Å²) in [5, 5.41) is 17.0. The standard InChI is InChI=1S/C18H28FN3O2S.HI/c1-2-20-17(22-14-18(23)8-11-24-12-9-18)21-10-3-13-25-16-6-4-15(19)5-7-16;/h4-7,23H,2-3,8-14H2,1H3,(H2,20,21,22);1H. The van der Waals surface area contributed by atoms with Crippen molar-refractivity contribution in [3.05, 3.63) is 30.1 Å². The van der Waals surface area contributed by atoms with Crippen molar-refractivity contribution in [2.45, 2.75) is 36.7 Å². The van der Waals surface area contributed by atoms with Crippen molar-refractivity contribution >= 4 is 41.7 Å². The van der Waals surface area contributed by atoms with Crippen LogP contribution >= 0.6 is 35.7 Å². The SMILES string of the molecule is CCNC(=NCC1(O)CCOCC1)NCCCSc1ccc(F)cc1.I. The van der Waals surface area contributed by atoms with Crippen LogP contribution in [0.2, 0.25) is 0 Å². The predicted molar refractivity (Wildman–Crippen MR) is 116 cm³/mol. The molecule has 0 aromatic heterocycles. The summed E-state index contributed by atoms with van der Waals surface area (Å²) in [7, 11) is 0. The lowest BCUT2D eigenvalue weighted by Crippen LogP contribution is -2.42. The third-order valence-corrected chi connectivity index (χ3v) is 5.09. The zero-order chi connectivity index (χ0) is 18.0. The Labute approximate surface area is 176 Å². The smallest absolute Gasteiger partial charge is 0.191 e. The summed E-state index contributed by atoms with van der Waals surface area (Å²) in [5.74, 6) is 1.47. The lowest BCUT2D eigenvalue weighted by atomic mass is 9.95. The van der Waals surface area contributed by atoms with E-state index in [1.54, 1.807) is 23.9 Å². The molecule has 1 aliphatic heterocycles. The van der Waals surface area contributed by atoms with E-state index in [0.29, 0.717) is 32.6 Å². The second kappa shape index (κ2) is 12.7. The molecule has 1 aromatic carbocycles. The van der Waals surface area contributed by atoms with Crippen LogP contribution in [0.15, 0.2) is 34.2 Å². The van der Waals surface area contributed by atoms with E-state index in [4.69, 9.17) is 4.74 Å². The molecule has 1 fully saturated rings. The van der Waals surface area contributed by atoms with Crippen LogP contribution in [-0.2, 0) is 4.74 Å². The van der Waals surface area contributed by atoms with E-state index in [9.17, 15) is 9.50 Å². The minimum atomic E-state index is -0.751. The minimum Gasteiger partial charge on any atom is -0.388 e. The van der Waals surface area contributed by atoms with E-state index < -0.39 is 5.60 Å². The van der Waals surface area contributed by atoms with Crippen LogP contribution in [0.4, 0.5) is 4.39 Å². The summed E-state index contributed by atoms with van der Waals surface area (Å²) in [6.45, 7) is 5.16. The molecule has 0 spiro atoms. The molecule has 148 valence electrons. The number of hydrogen-bond acceptors (Lipinski definition) is 4. The number of thioether (sulfide) groups is 1. The summed E-state index contributed by atoms with van der Waals surface area (Å²) in [6.07, 6.45) is 2.22. The maximum absolute atomic E-state index is 12.9. The van der Waals surface area contributed by atoms with Gasteiger partial charge in [-0.2, -0.15) is 0 Å². The van der Waals surface area contributed by atoms with Gasteiger partial charge in [-0.05, 0) is 43.4 Å². The molecule has 3 N–H and O–H groups in total. The number of aliphatic hydroxyl groups is 1. The van der Waals surface area contributed by atoms with Crippen molar-refractivity contribution in [1.82, 2.24) is 10.6 Å². The molecule has 26 heavy (non-hydrogen) atoms. The maximum atomic E-state index is 12.9. The Kier molecular flexibility index (Phi) is 11.5. The van der Waals surface area contributed by atoms with Gasteiger partial charge < -0.3 is 20.5 Å². The van der Waals surface area contributed by atoms with E-state index in [1.807, 2.05) is 6.92 Å². The average molecular weight is 497 g/mol. The lowest BCUT2D eigenvalue weighted by Gasteiger charge is -2.30. The number of nitrogens with zero attached hydrogens (tertiary/aromatic N) is 1. The Morgan fingerprint density at radius 2 is 1.96 bits per heavy atom. The third-order valence-electron chi connectivity index (χ3n) is 4.00. The van der Waals surface area contributed by atoms with Crippen LogP contribution in [-0.4, -0.2) is 55.3 Å². The first-order valence-electron chi connectivity index (χ1n) is 8.82. The van der Waals surface area contributed by atoms with Crippen LogP contribution in [0.25, 0.3) is 0 Å². The summed E-state index contributed by atoms with van der Waals surface area (Å²) in [4.78, 5) is 5.59. The Hall–Kier alpha value is -0.580. The molecule has 0 bridgehead atoms. The van der Waals surface area contributed by atoms with E-state index in [1.165, 1.54) is 12.1 Å². The first-order chi connectivity index (χ1) is 12.1. The average Bonchev–Trinajstić information content (AvgIpc) is 2.61. The number of benzene rings is 1. The fourth-order valence-corrected chi connectivity index (χ4v) is 3.33. The van der Waals surface area contributed by atoms with Crippen LogP contribution in [0.5, 0.6) is 0 Å². The Balaban J connectivity index is 0.00000338. The number of ether oxygens (including phenoxy) is 1. The monoisotopic (exact) mass is 497 g/mol. The molecular weight excluding hydrogens is 468 g/mol. The van der Waals surface area contributed by atoms with Gasteiger partial charge in [-0.1, -0.05) is 0 Å². The maximum Gasteiger partial charge on any atom is 0.191 e. The number of rotatable bonds is 8. The van der Waals surface area contributed by atoms with Gasteiger partial charge in [-0.3, -0.25) is 4.99 Å². The zero-order valence-electron chi connectivity index (χ0n) is 15.2. The largest absolute Gasteiger partial charge is 0.388 e. The normalized spacial score (nSPS) is 16.7. The predicted octanol–water partition coefficient (Wildman–Crippen LogP) is 3.02. The first kappa shape index (κ1) is 23.5. The number of guanidine groups is 1. The molecule has 0 amide bonds. The highest BCUT2D eigenvalue weighted by atomic mass is 127. The molecule has 2 rings (SSSR count). The fourth-order valence-electron chi connectivity index (χ4n) is 2.48. The second-order valence-electron chi connectivity index (χ2n) is 6.11. The van der Waals surface area contributed by atoms with Gasteiger partial charge in [0, 0.05) is 44.0 Å². The van der Waals surface area contributed by atoms with Gasteiger partial charge in [0.25, 0.3) is 0 Å². The van der Waals surface area contributed by atoms with Crippen molar-refractivity contribution in [2.24, 2.45) is 4.99 Å². The van der Waals surface area contributed by atoms with Crippen molar-refractivity contribution in [3.63, 3.8) is 0 Å². The topological polar surface area (TPSA) is 65.9 Å². The first-order valence-corrected chi connectivity index (χ1v) is 9.80. The highest BCUT2D eigenvalue weighted by Crippen LogP contribution is 2.20. The van der Waals surface area contributed by atoms with Gasteiger partial charge in [0.2, 0.25) is 0 Å². The van der Waals surface area contributed by atoms with Crippen LogP contribution in [0.3, 0.4) is 0 Å². The minimum absolute atomic E-state index is 0. The van der Waals surface area contributed by atoms with Crippen LogP contribution < -0.4 is 10.6 Å². The molecule has 8 heteroatoms. The molecule has 0 atom stereocenters. The molecule has 1 aromatic rings. The van der Waals surface area contributed by atoms with E-state index in [0.717, 1.165) is 36.1 Å².